The number of rotatable bonds is 66. The largest absolute Gasteiger partial charge is 0.394 e. The quantitative estimate of drug-likeness (QED) is 0.0199. The summed E-state index contributed by atoms with van der Waals surface area (Å²) < 4.78 is 34.4. The third kappa shape index (κ3) is 47.2. The molecular formula is C90H151NO18. The van der Waals surface area contributed by atoms with Crippen molar-refractivity contribution in [3.8, 4) is 0 Å². The second-order valence-electron chi connectivity index (χ2n) is 29.6. The van der Waals surface area contributed by atoms with Gasteiger partial charge in [0.2, 0.25) is 5.91 Å². The fourth-order valence-electron chi connectivity index (χ4n) is 13.4. The van der Waals surface area contributed by atoms with E-state index in [1.807, 2.05) is 6.08 Å². The standard InChI is InChI=1S/C90H151NO18/c1-3-5-7-9-11-13-15-17-19-21-23-25-27-29-31-32-33-34-35-36-37-38-39-40-42-44-46-48-50-52-54-56-58-60-62-64-66-68-78(96)91-73(74(95)67-65-63-61-59-57-55-53-51-49-47-45-43-41-30-28-26-24-22-20-18-16-14-12-10-8-6-4-2)72-104-88-84(102)81(99)86(76(70-93)106-88)109-90-85(103)82(100)87(77(71-94)107-90)108-89-83(101)80(98)79(97)75(69-92)105-89/h5,7,11,13,17,19,23,25,29,31,33-34,36-37,39-40,44,46,50,52,57,59,65,67,73-77,79-90,92-95,97-103H,3-4,6,8-10,12,14-16,18,20-22,24,26-28,30,32,35,38,41-43,45,47-49,51,53-56,58,60-64,66,68-72H2,1-2H3,(H,91,96)/b7-5-,13-11-,19-17-,25-23-,31-29-,34-33-,37-36-,40-39-,46-44-,52-50-,59-57+,67-65+. The summed E-state index contributed by atoms with van der Waals surface area (Å²) in [5, 5.41) is 121. The molecule has 0 bridgehead atoms. The van der Waals surface area contributed by atoms with E-state index in [0.717, 1.165) is 122 Å². The van der Waals surface area contributed by atoms with E-state index in [9.17, 15) is 61.0 Å². The van der Waals surface area contributed by atoms with Gasteiger partial charge in [-0.05, 0) is 109 Å². The molecule has 3 heterocycles. The molecule has 3 rings (SSSR count). The van der Waals surface area contributed by atoms with E-state index in [2.05, 4.69) is 153 Å². The lowest BCUT2D eigenvalue weighted by atomic mass is 9.96. The number of nitrogens with one attached hydrogen (secondary N) is 1. The first-order chi connectivity index (χ1) is 53.3. The Morgan fingerprint density at radius 3 is 1.03 bits per heavy atom. The van der Waals surface area contributed by atoms with Crippen molar-refractivity contribution in [2.45, 2.75) is 388 Å². The molecule has 17 atom stereocenters. The van der Waals surface area contributed by atoms with Gasteiger partial charge in [-0.1, -0.05) is 314 Å². The van der Waals surface area contributed by atoms with E-state index in [1.54, 1.807) is 6.08 Å². The van der Waals surface area contributed by atoms with Crippen molar-refractivity contribution < 1.29 is 89.4 Å². The number of allylic oxidation sites excluding steroid dienone is 23. The van der Waals surface area contributed by atoms with Gasteiger partial charge in [-0.2, -0.15) is 0 Å². The Morgan fingerprint density at radius 1 is 0.339 bits per heavy atom. The van der Waals surface area contributed by atoms with Gasteiger partial charge in [0.1, 0.15) is 73.2 Å². The van der Waals surface area contributed by atoms with Crippen molar-refractivity contribution in [1.29, 1.82) is 0 Å². The number of carbonyl (C=O) groups is 1. The maximum Gasteiger partial charge on any atom is 0.220 e. The molecule has 0 radical (unpaired) electrons. The Bertz CT molecular complexity index is 2540. The minimum atomic E-state index is -1.99. The normalized spacial score (nSPS) is 26.0. The Kier molecular flexibility index (Phi) is 61.8. The summed E-state index contributed by atoms with van der Waals surface area (Å²) in [6, 6.07) is -1.01. The first-order valence-electron chi connectivity index (χ1n) is 42.6. The van der Waals surface area contributed by atoms with Crippen LogP contribution in [0.5, 0.6) is 0 Å². The molecule has 0 spiro atoms. The number of unbranched alkanes of at least 4 members (excludes halogenated alkanes) is 28. The van der Waals surface area contributed by atoms with Crippen molar-refractivity contribution in [3.05, 3.63) is 146 Å². The lowest BCUT2D eigenvalue weighted by Crippen LogP contribution is -2.66. The van der Waals surface area contributed by atoms with Crippen molar-refractivity contribution in [3.63, 3.8) is 0 Å². The molecule has 19 heteroatoms. The lowest BCUT2D eigenvalue weighted by molar-refractivity contribution is -0.379. The minimum absolute atomic E-state index is 0.209. The van der Waals surface area contributed by atoms with Gasteiger partial charge >= 0.3 is 0 Å². The van der Waals surface area contributed by atoms with Crippen molar-refractivity contribution in [1.82, 2.24) is 5.32 Å². The highest BCUT2D eigenvalue weighted by Crippen LogP contribution is 2.33. The molecule has 0 aromatic rings. The van der Waals surface area contributed by atoms with Crippen LogP contribution in [0.3, 0.4) is 0 Å². The summed E-state index contributed by atoms with van der Waals surface area (Å²) in [7, 11) is 0. The van der Waals surface area contributed by atoms with Crippen LogP contribution >= 0.6 is 0 Å². The summed E-state index contributed by atoms with van der Waals surface area (Å²) in [6.45, 7) is 1.60. The molecule has 1 amide bonds. The molecule has 12 N–H and O–H groups in total. The summed E-state index contributed by atoms with van der Waals surface area (Å²) in [4.78, 5) is 13.5. The molecule has 3 aliphatic heterocycles. The van der Waals surface area contributed by atoms with Crippen molar-refractivity contribution in [2.75, 3.05) is 26.4 Å². The van der Waals surface area contributed by atoms with Crippen molar-refractivity contribution >= 4 is 5.91 Å². The summed E-state index contributed by atoms with van der Waals surface area (Å²) in [5.74, 6) is -0.304. The molecule has 624 valence electrons. The zero-order valence-corrected chi connectivity index (χ0v) is 67.0. The summed E-state index contributed by atoms with van der Waals surface area (Å²) in [5.41, 5.74) is 0. The van der Waals surface area contributed by atoms with E-state index in [1.165, 1.54) is 128 Å². The van der Waals surface area contributed by atoms with Crippen LogP contribution in [-0.4, -0.2) is 193 Å². The van der Waals surface area contributed by atoms with Gasteiger partial charge in [0.15, 0.2) is 18.9 Å². The monoisotopic (exact) mass is 1530 g/mol. The van der Waals surface area contributed by atoms with Crippen LogP contribution in [0.4, 0.5) is 0 Å². The SMILES string of the molecule is CC/C=C\C/C=C\C/C=C\C/C=C\C/C=C\C/C=C\C/C=C\C/C=C\C/C=C\C/C=C\CCCCCCCCC(=O)NC(COC1OC(CO)C(OC2OC(CO)C(OC3OC(CO)C(O)C(O)C3O)C(O)C2O)C(O)C1O)C(O)/C=C/CC/C=C/CCCCCCCCCCCCCCCCCCCCCCC. The molecule has 19 nitrogen and oxygen atoms in total. The fourth-order valence-corrected chi connectivity index (χ4v) is 13.4. The van der Waals surface area contributed by atoms with E-state index in [4.69, 9.17) is 28.4 Å². The number of aliphatic hydroxyl groups is 11. The zero-order valence-electron chi connectivity index (χ0n) is 67.0. The van der Waals surface area contributed by atoms with Gasteiger partial charge in [-0.15, -0.1) is 0 Å². The Hall–Kier alpha value is -4.33. The number of hydrogen-bond acceptors (Lipinski definition) is 18. The maximum atomic E-state index is 13.5. The number of hydrogen-bond donors (Lipinski definition) is 12. The first-order valence-corrected chi connectivity index (χ1v) is 42.6. The summed E-state index contributed by atoms with van der Waals surface area (Å²) >= 11 is 0. The smallest absolute Gasteiger partial charge is 0.220 e. The molecular weight excluding hydrogens is 1380 g/mol. The fraction of sp³-hybridized carbons (Fsp3) is 0.722. The van der Waals surface area contributed by atoms with Gasteiger partial charge < -0.3 is 89.9 Å². The van der Waals surface area contributed by atoms with Gasteiger partial charge in [0, 0.05) is 6.42 Å². The highest BCUT2D eigenvalue weighted by atomic mass is 16.8. The van der Waals surface area contributed by atoms with E-state index < -0.39 is 124 Å². The van der Waals surface area contributed by atoms with Crippen LogP contribution in [-0.2, 0) is 33.2 Å². The van der Waals surface area contributed by atoms with Crippen LogP contribution in [0.2, 0.25) is 0 Å². The average molecular weight is 1540 g/mol. The number of amides is 1. The maximum absolute atomic E-state index is 13.5. The Morgan fingerprint density at radius 2 is 0.642 bits per heavy atom. The zero-order chi connectivity index (χ0) is 78.8. The minimum Gasteiger partial charge on any atom is -0.394 e. The molecule has 3 saturated heterocycles. The van der Waals surface area contributed by atoms with Gasteiger partial charge in [0.05, 0.1) is 38.6 Å². The molecule has 3 aliphatic rings. The molecule has 0 saturated carbocycles. The highest BCUT2D eigenvalue weighted by Gasteiger charge is 2.54. The highest BCUT2D eigenvalue weighted by molar-refractivity contribution is 5.76. The molecule has 0 aromatic carbocycles. The second kappa shape index (κ2) is 68.1. The van der Waals surface area contributed by atoms with E-state index in [0.29, 0.717) is 12.8 Å². The first kappa shape index (κ1) is 98.9. The third-order valence-corrected chi connectivity index (χ3v) is 20.1. The van der Waals surface area contributed by atoms with E-state index in [-0.39, 0.29) is 18.9 Å². The lowest BCUT2D eigenvalue weighted by Gasteiger charge is -2.48. The predicted octanol–water partition coefficient (Wildman–Crippen LogP) is 15.4. The Labute approximate surface area is 657 Å². The van der Waals surface area contributed by atoms with Gasteiger partial charge in [-0.25, -0.2) is 0 Å². The number of ether oxygens (including phenoxy) is 6. The molecule has 0 aliphatic carbocycles. The van der Waals surface area contributed by atoms with Gasteiger partial charge in [-0.3, -0.25) is 4.79 Å². The van der Waals surface area contributed by atoms with Crippen LogP contribution in [0.25, 0.3) is 0 Å². The number of aliphatic hydroxyl groups excluding tert-OH is 11. The molecule has 0 aromatic heterocycles. The van der Waals surface area contributed by atoms with Crippen LogP contribution in [0.1, 0.15) is 284 Å². The molecule has 3 fully saturated rings. The molecule has 17 unspecified atom stereocenters. The summed E-state index contributed by atoms with van der Waals surface area (Å²) in [6.07, 6.45) is 72.6. The average Bonchev–Trinajstić information content (AvgIpc) is 0.760. The predicted molar refractivity (Wildman–Crippen MR) is 438 cm³/mol. The van der Waals surface area contributed by atoms with Crippen LogP contribution in [0, 0.1) is 0 Å². The second-order valence-corrected chi connectivity index (χ2v) is 29.6. The Balaban J connectivity index is 1.38. The number of carbonyl (C=O) groups excluding carboxylic acids is 1. The van der Waals surface area contributed by atoms with E-state index >= 15 is 0 Å². The van der Waals surface area contributed by atoms with Crippen LogP contribution < -0.4 is 5.32 Å². The topological polar surface area (TPSA) is 307 Å². The third-order valence-electron chi connectivity index (χ3n) is 20.1. The van der Waals surface area contributed by atoms with Crippen molar-refractivity contribution in [2.24, 2.45) is 0 Å². The van der Waals surface area contributed by atoms with Gasteiger partial charge in [0.25, 0.3) is 0 Å². The van der Waals surface area contributed by atoms with Crippen LogP contribution in [0.15, 0.2) is 146 Å². The molecule has 109 heavy (non-hydrogen) atoms.